The lowest BCUT2D eigenvalue weighted by Gasteiger charge is -2.21. The zero-order chi connectivity index (χ0) is 12.0. The summed E-state index contributed by atoms with van der Waals surface area (Å²) >= 11 is 0. The van der Waals surface area contributed by atoms with Crippen molar-refractivity contribution < 1.29 is 4.79 Å². The summed E-state index contributed by atoms with van der Waals surface area (Å²) in [5, 5.41) is 2.88. The lowest BCUT2D eigenvalue weighted by molar-refractivity contribution is -0.128. The van der Waals surface area contributed by atoms with Crippen LogP contribution in [0, 0.1) is 5.41 Å². The van der Waals surface area contributed by atoms with Crippen LogP contribution < -0.4 is 11.1 Å². The minimum absolute atomic E-state index is 0.0145. The fraction of sp³-hybridized carbons (Fsp3) is 0.636. The molecule has 0 saturated heterocycles. The molecule has 0 aliphatic carbocycles. The van der Waals surface area contributed by atoms with Crippen LogP contribution in [0.15, 0.2) is 18.7 Å². The monoisotopic (exact) mass is 224 g/mol. The van der Waals surface area contributed by atoms with Crippen LogP contribution in [0.4, 0.5) is 0 Å². The Morgan fingerprint density at radius 1 is 1.56 bits per heavy atom. The van der Waals surface area contributed by atoms with E-state index in [1.54, 1.807) is 12.5 Å². The fourth-order valence-corrected chi connectivity index (χ4v) is 1.21. The number of carbonyl (C=O) groups is 1. The number of amides is 1. The summed E-state index contributed by atoms with van der Waals surface area (Å²) in [6, 6.07) is 0. The van der Waals surface area contributed by atoms with E-state index in [2.05, 4.69) is 10.3 Å². The lowest BCUT2D eigenvalue weighted by atomic mass is 9.93. The molecule has 0 bridgehead atoms. The predicted octanol–water partition coefficient (Wildman–Crippen LogP) is 0.374. The molecule has 1 heterocycles. The maximum atomic E-state index is 11.6. The third-order valence-corrected chi connectivity index (χ3v) is 2.56. The quantitative estimate of drug-likeness (QED) is 0.686. The van der Waals surface area contributed by atoms with E-state index >= 15 is 0 Å². The van der Waals surface area contributed by atoms with E-state index in [1.165, 1.54) is 0 Å². The average molecular weight is 224 g/mol. The number of carbonyl (C=O) groups excluding carboxylic acids is 1. The van der Waals surface area contributed by atoms with Crippen molar-refractivity contribution in [1.82, 2.24) is 14.9 Å². The standard InChI is InChI=1S/C11H20N4O/c1-11(2,8-12)10(16)14-4-3-6-15-7-5-13-9-15/h5,7,9H,3-4,6,8,12H2,1-2H3,(H,14,16). The smallest absolute Gasteiger partial charge is 0.226 e. The third kappa shape index (κ3) is 3.66. The Kier molecular flexibility index (Phi) is 4.49. The van der Waals surface area contributed by atoms with Gasteiger partial charge in [-0.1, -0.05) is 0 Å². The maximum absolute atomic E-state index is 11.6. The Morgan fingerprint density at radius 3 is 2.88 bits per heavy atom. The van der Waals surface area contributed by atoms with Gasteiger partial charge in [-0.05, 0) is 20.3 Å². The van der Waals surface area contributed by atoms with E-state index in [0.717, 1.165) is 13.0 Å². The molecule has 16 heavy (non-hydrogen) atoms. The van der Waals surface area contributed by atoms with Gasteiger partial charge in [0.1, 0.15) is 0 Å². The molecule has 1 amide bonds. The average Bonchev–Trinajstić information content (AvgIpc) is 2.76. The van der Waals surface area contributed by atoms with E-state index < -0.39 is 5.41 Å². The molecule has 0 aromatic carbocycles. The molecular formula is C11H20N4O. The van der Waals surface area contributed by atoms with Crippen molar-refractivity contribution >= 4 is 5.91 Å². The molecule has 1 rings (SSSR count). The summed E-state index contributed by atoms with van der Waals surface area (Å²) in [5.74, 6) is 0.0145. The van der Waals surface area contributed by atoms with E-state index in [0.29, 0.717) is 13.1 Å². The number of rotatable bonds is 6. The first-order valence-electron chi connectivity index (χ1n) is 5.50. The SMILES string of the molecule is CC(C)(CN)C(=O)NCCCn1ccnc1. The van der Waals surface area contributed by atoms with Gasteiger partial charge < -0.3 is 15.6 Å². The van der Waals surface area contributed by atoms with E-state index in [-0.39, 0.29) is 5.91 Å². The molecule has 0 aliphatic rings. The third-order valence-electron chi connectivity index (χ3n) is 2.56. The number of aromatic nitrogens is 2. The Hall–Kier alpha value is -1.36. The molecule has 5 nitrogen and oxygen atoms in total. The Morgan fingerprint density at radius 2 is 2.31 bits per heavy atom. The molecule has 0 aliphatic heterocycles. The van der Waals surface area contributed by atoms with Gasteiger partial charge in [0, 0.05) is 32.0 Å². The van der Waals surface area contributed by atoms with Crippen LogP contribution >= 0.6 is 0 Å². The number of hydrogen-bond donors (Lipinski definition) is 2. The highest BCUT2D eigenvalue weighted by molar-refractivity contribution is 5.81. The number of aryl methyl sites for hydroxylation is 1. The largest absolute Gasteiger partial charge is 0.356 e. The van der Waals surface area contributed by atoms with E-state index in [1.807, 2.05) is 24.6 Å². The van der Waals surface area contributed by atoms with Crippen molar-refractivity contribution in [1.29, 1.82) is 0 Å². The van der Waals surface area contributed by atoms with Crippen LogP contribution in [0.5, 0.6) is 0 Å². The minimum Gasteiger partial charge on any atom is -0.356 e. The molecule has 1 aromatic heterocycles. The molecule has 0 saturated carbocycles. The van der Waals surface area contributed by atoms with Crippen LogP contribution in [-0.4, -0.2) is 28.5 Å². The first kappa shape index (κ1) is 12.7. The number of nitrogens with one attached hydrogen (secondary N) is 1. The van der Waals surface area contributed by atoms with Crippen LogP contribution in [0.3, 0.4) is 0 Å². The van der Waals surface area contributed by atoms with Crippen LogP contribution in [0.1, 0.15) is 20.3 Å². The molecule has 1 aromatic rings. The molecule has 0 fully saturated rings. The molecule has 0 unspecified atom stereocenters. The second-order valence-corrected chi connectivity index (χ2v) is 4.50. The van der Waals surface area contributed by atoms with Gasteiger partial charge in [-0.15, -0.1) is 0 Å². The Balaban J connectivity index is 2.18. The zero-order valence-corrected chi connectivity index (χ0v) is 9.94. The summed E-state index contributed by atoms with van der Waals surface area (Å²) in [6.45, 7) is 5.58. The van der Waals surface area contributed by atoms with Crippen molar-refractivity contribution in [3.05, 3.63) is 18.7 Å². The molecule has 5 heteroatoms. The molecule has 90 valence electrons. The van der Waals surface area contributed by atoms with E-state index in [4.69, 9.17) is 5.73 Å². The highest BCUT2D eigenvalue weighted by Gasteiger charge is 2.24. The van der Waals surface area contributed by atoms with Crippen LogP contribution in [-0.2, 0) is 11.3 Å². The Labute approximate surface area is 96.0 Å². The molecule has 0 spiro atoms. The highest BCUT2D eigenvalue weighted by atomic mass is 16.2. The lowest BCUT2D eigenvalue weighted by Crippen LogP contribution is -2.42. The molecule has 0 atom stereocenters. The molecule has 0 radical (unpaired) electrons. The maximum Gasteiger partial charge on any atom is 0.226 e. The van der Waals surface area contributed by atoms with E-state index in [9.17, 15) is 4.79 Å². The van der Waals surface area contributed by atoms with Gasteiger partial charge in [-0.2, -0.15) is 0 Å². The summed E-state index contributed by atoms with van der Waals surface area (Å²) in [7, 11) is 0. The van der Waals surface area contributed by atoms with Crippen molar-refractivity contribution in [2.75, 3.05) is 13.1 Å². The number of hydrogen-bond acceptors (Lipinski definition) is 3. The van der Waals surface area contributed by atoms with Gasteiger partial charge in [0.2, 0.25) is 5.91 Å². The van der Waals surface area contributed by atoms with Crippen molar-refractivity contribution in [2.45, 2.75) is 26.8 Å². The Bertz CT molecular complexity index is 319. The number of nitrogens with two attached hydrogens (primary N) is 1. The highest BCUT2D eigenvalue weighted by Crippen LogP contribution is 2.11. The number of nitrogens with zero attached hydrogens (tertiary/aromatic N) is 2. The van der Waals surface area contributed by atoms with Gasteiger partial charge in [0.25, 0.3) is 0 Å². The van der Waals surface area contributed by atoms with Gasteiger partial charge in [0.15, 0.2) is 0 Å². The zero-order valence-electron chi connectivity index (χ0n) is 9.94. The summed E-state index contributed by atoms with van der Waals surface area (Å²) in [4.78, 5) is 15.6. The fourth-order valence-electron chi connectivity index (χ4n) is 1.21. The van der Waals surface area contributed by atoms with Gasteiger partial charge in [0.05, 0.1) is 11.7 Å². The van der Waals surface area contributed by atoms with Gasteiger partial charge >= 0.3 is 0 Å². The normalized spacial score (nSPS) is 11.4. The molecule has 3 N–H and O–H groups in total. The molecular weight excluding hydrogens is 204 g/mol. The second-order valence-electron chi connectivity index (χ2n) is 4.50. The summed E-state index contributed by atoms with van der Waals surface area (Å²) in [5.41, 5.74) is 5.04. The summed E-state index contributed by atoms with van der Waals surface area (Å²) < 4.78 is 1.99. The van der Waals surface area contributed by atoms with Crippen molar-refractivity contribution in [2.24, 2.45) is 11.1 Å². The predicted molar refractivity (Wildman–Crippen MR) is 62.7 cm³/mol. The number of imidazole rings is 1. The first-order valence-corrected chi connectivity index (χ1v) is 5.50. The minimum atomic E-state index is -0.477. The summed E-state index contributed by atoms with van der Waals surface area (Å²) in [6.07, 6.45) is 6.32. The first-order chi connectivity index (χ1) is 7.56. The van der Waals surface area contributed by atoms with Crippen LogP contribution in [0.25, 0.3) is 0 Å². The van der Waals surface area contributed by atoms with Crippen LogP contribution in [0.2, 0.25) is 0 Å². The van der Waals surface area contributed by atoms with Gasteiger partial charge in [-0.25, -0.2) is 4.98 Å². The van der Waals surface area contributed by atoms with Gasteiger partial charge in [-0.3, -0.25) is 4.79 Å². The van der Waals surface area contributed by atoms with Crippen molar-refractivity contribution in [3.8, 4) is 0 Å². The topological polar surface area (TPSA) is 72.9 Å². The second kappa shape index (κ2) is 5.65. The van der Waals surface area contributed by atoms with Crippen molar-refractivity contribution in [3.63, 3.8) is 0 Å².